The molecular weight excluding hydrogens is 196 g/mol. The standard InChI is InChI=1S/C14H24N2/c1-5-14(6-2,7-3)16-13-9-8-12(15)10-11(13)4/h8-10,16H,5-7,15H2,1-4H3. The Morgan fingerprint density at radius 1 is 1.12 bits per heavy atom. The minimum atomic E-state index is 0.223. The Morgan fingerprint density at radius 3 is 2.12 bits per heavy atom. The number of benzene rings is 1. The molecule has 0 radical (unpaired) electrons. The lowest BCUT2D eigenvalue weighted by molar-refractivity contribution is 0.420. The molecule has 0 saturated heterocycles. The molecule has 0 saturated carbocycles. The van der Waals surface area contributed by atoms with Crippen molar-refractivity contribution in [1.82, 2.24) is 0 Å². The summed E-state index contributed by atoms with van der Waals surface area (Å²) < 4.78 is 0. The third-order valence-corrected chi connectivity index (χ3v) is 3.68. The van der Waals surface area contributed by atoms with Gasteiger partial charge in [0.1, 0.15) is 0 Å². The number of hydrogen-bond donors (Lipinski definition) is 2. The molecule has 1 aromatic carbocycles. The molecule has 0 unspecified atom stereocenters. The van der Waals surface area contributed by atoms with Crippen molar-refractivity contribution in [2.45, 2.75) is 52.5 Å². The van der Waals surface area contributed by atoms with Crippen LogP contribution in [0.5, 0.6) is 0 Å². The monoisotopic (exact) mass is 220 g/mol. The van der Waals surface area contributed by atoms with Gasteiger partial charge in [-0.3, -0.25) is 0 Å². The second kappa shape index (κ2) is 5.24. The van der Waals surface area contributed by atoms with Crippen molar-refractivity contribution in [3.8, 4) is 0 Å². The molecule has 1 aromatic rings. The molecule has 0 spiro atoms. The van der Waals surface area contributed by atoms with Crippen LogP contribution in [0.3, 0.4) is 0 Å². The molecule has 0 aliphatic rings. The highest BCUT2D eigenvalue weighted by Gasteiger charge is 2.23. The van der Waals surface area contributed by atoms with E-state index in [9.17, 15) is 0 Å². The maximum absolute atomic E-state index is 5.76. The molecule has 0 aliphatic carbocycles. The lowest BCUT2D eigenvalue weighted by atomic mass is 9.89. The van der Waals surface area contributed by atoms with Crippen LogP contribution < -0.4 is 11.1 Å². The van der Waals surface area contributed by atoms with Crippen molar-refractivity contribution < 1.29 is 0 Å². The first-order chi connectivity index (χ1) is 7.56. The Bertz CT molecular complexity index is 332. The second-order valence-corrected chi connectivity index (χ2v) is 4.54. The van der Waals surface area contributed by atoms with E-state index in [1.54, 1.807) is 0 Å². The SMILES string of the molecule is CCC(CC)(CC)Nc1ccc(N)cc1C. The third-order valence-electron chi connectivity index (χ3n) is 3.68. The molecule has 0 fully saturated rings. The van der Waals surface area contributed by atoms with Gasteiger partial charge in [-0.25, -0.2) is 0 Å². The number of hydrogen-bond acceptors (Lipinski definition) is 2. The molecule has 0 aromatic heterocycles. The van der Waals surface area contributed by atoms with Gasteiger partial charge in [0.05, 0.1) is 0 Å². The second-order valence-electron chi connectivity index (χ2n) is 4.54. The van der Waals surface area contributed by atoms with Crippen LogP contribution in [0.1, 0.15) is 45.6 Å². The van der Waals surface area contributed by atoms with Crippen molar-refractivity contribution in [3.05, 3.63) is 23.8 Å². The smallest absolute Gasteiger partial charge is 0.0375 e. The Morgan fingerprint density at radius 2 is 1.69 bits per heavy atom. The molecular formula is C14H24N2. The van der Waals surface area contributed by atoms with Crippen LogP contribution in [0, 0.1) is 6.92 Å². The van der Waals surface area contributed by atoms with Gasteiger partial charge in [-0.2, -0.15) is 0 Å². The molecule has 2 heteroatoms. The number of nitrogen functional groups attached to an aromatic ring is 1. The molecule has 1 rings (SSSR count). The van der Waals surface area contributed by atoms with Gasteiger partial charge < -0.3 is 11.1 Å². The first-order valence-corrected chi connectivity index (χ1v) is 6.21. The van der Waals surface area contributed by atoms with E-state index in [4.69, 9.17) is 5.73 Å². The number of anilines is 2. The van der Waals surface area contributed by atoms with Gasteiger partial charge in [0.15, 0.2) is 0 Å². The van der Waals surface area contributed by atoms with Crippen LogP contribution in [-0.2, 0) is 0 Å². The van der Waals surface area contributed by atoms with Gasteiger partial charge in [0.25, 0.3) is 0 Å². The van der Waals surface area contributed by atoms with Crippen molar-refractivity contribution in [1.29, 1.82) is 0 Å². The highest BCUT2D eigenvalue weighted by molar-refractivity contribution is 5.58. The van der Waals surface area contributed by atoms with Crippen molar-refractivity contribution in [2.75, 3.05) is 11.1 Å². The van der Waals surface area contributed by atoms with Crippen molar-refractivity contribution in [2.24, 2.45) is 0 Å². The van der Waals surface area contributed by atoms with Crippen LogP contribution in [0.15, 0.2) is 18.2 Å². The van der Waals surface area contributed by atoms with E-state index in [2.05, 4.69) is 39.1 Å². The minimum absolute atomic E-state index is 0.223. The molecule has 90 valence electrons. The minimum Gasteiger partial charge on any atom is -0.399 e. The maximum atomic E-state index is 5.76. The fourth-order valence-corrected chi connectivity index (χ4v) is 2.13. The van der Waals surface area contributed by atoms with Crippen LogP contribution in [-0.4, -0.2) is 5.54 Å². The largest absolute Gasteiger partial charge is 0.399 e. The predicted octanol–water partition coefficient (Wildman–Crippen LogP) is 3.96. The maximum Gasteiger partial charge on any atom is 0.0375 e. The first-order valence-electron chi connectivity index (χ1n) is 6.21. The normalized spacial score (nSPS) is 11.5. The lowest BCUT2D eigenvalue weighted by Crippen LogP contribution is -2.36. The van der Waals surface area contributed by atoms with E-state index in [1.807, 2.05) is 12.1 Å². The fraction of sp³-hybridized carbons (Fsp3) is 0.571. The van der Waals surface area contributed by atoms with Crippen molar-refractivity contribution in [3.63, 3.8) is 0 Å². The topological polar surface area (TPSA) is 38.0 Å². The van der Waals surface area contributed by atoms with Crippen LogP contribution >= 0.6 is 0 Å². The summed E-state index contributed by atoms with van der Waals surface area (Å²) in [6, 6.07) is 6.07. The van der Waals surface area contributed by atoms with Gasteiger partial charge in [0, 0.05) is 16.9 Å². The number of nitrogens with one attached hydrogen (secondary N) is 1. The van der Waals surface area contributed by atoms with Crippen LogP contribution in [0.2, 0.25) is 0 Å². The van der Waals surface area contributed by atoms with Gasteiger partial charge in [-0.05, 0) is 49.9 Å². The number of aryl methyl sites for hydroxylation is 1. The highest BCUT2D eigenvalue weighted by Crippen LogP contribution is 2.28. The Balaban J connectivity index is 2.93. The zero-order valence-electron chi connectivity index (χ0n) is 10.9. The molecule has 2 nitrogen and oxygen atoms in total. The van der Waals surface area contributed by atoms with Crippen LogP contribution in [0.4, 0.5) is 11.4 Å². The van der Waals surface area contributed by atoms with Gasteiger partial charge in [0.2, 0.25) is 0 Å². The van der Waals surface area contributed by atoms with E-state index in [0.29, 0.717) is 0 Å². The van der Waals surface area contributed by atoms with E-state index in [-0.39, 0.29) is 5.54 Å². The number of rotatable bonds is 5. The fourth-order valence-electron chi connectivity index (χ4n) is 2.13. The van der Waals surface area contributed by atoms with Crippen molar-refractivity contribution >= 4 is 11.4 Å². The lowest BCUT2D eigenvalue weighted by Gasteiger charge is -2.33. The summed E-state index contributed by atoms with van der Waals surface area (Å²) in [5.74, 6) is 0. The van der Waals surface area contributed by atoms with Crippen LogP contribution in [0.25, 0.3) is 0 Å². The average Bonchev–Trinajstić information content (AvgIpc) is 2.29. The third kappa shape index (κ3) is 2.69. The van der Waals surface area contributed by atoms with Gasteiger partial charge in [-0.1, -0.05) is 20.8 Å². The molecule has 0 aliphatic heterocycles. The number of nitrogens with two attached hydrogens (primary N) is 1. The first kappa shape index (κ1) is 12.9. The Kier molecular flexibility index (Phi) is 4.22. The van der Waals surface area contributed by atoms with E-state index < -0.39 is 0 Å². The molecule has 0 atom stereocenters. The summed E-state index contributed by atoms with van der Waals surface area (Å²) in [7, 11) is 0. The average molecular weight is 220 g/mol. The van der Waals surface area contributed by atoms with E-state index in [1.165, 1.54) is 11.3 Å². The highest BCUT2D eigenvalue weighted by atomic mass is 15.0. The Hall–Kier alpha value is -1.18. The zero-order valence-corrected chi connectivity index (χ0v) is 10.9. The molecule has 0 bridgehead atoms. The summed E-state index contributed by atoms with van der Waals surface area (Å²) in [5.41, 5.74) is 9.25. The molecule has 16 heavy (non-hydrogen) atoms. The summed E-state index contributed by atoms with van der Waals surface area (Å²) >= 11 is 0. The summed E-state index contributed by atoms with van der Waals surface area (Å²) in [4.78, 5) is 0. The molecule has 0 heterocycles. The molecule has 0 amide bonds. The zero-order chi connectivity index (χ0) is 12.2. The van der Waals surface area contributed by atoms with E-state index >= 15 is 0 Å². The summed E-state index contributed by atoms with van der Waals surface area (Å²) in [6.07, 6.45) is 3.43. The predicted molar refractivity (Wildman–Crippen MR) is 72.8 cm³/mol. The van der Waals surface area contributed by atoms with Gasteiger partial charge in [-0.15, -0.1) is 0 Å². The van der Waals surface area contributed by atoms with E-state index in [0.717, 1.165) is 24.9 Å². The molecule has 3 N–H and O–H groups in total. The quantitative estimate of drug-likeness (QED) is 0.737. The summed E-state index contributed by atoms with van der Waals surface area (Å²) in [5, 5.41) is 3.68. The van der Waals surface area contributed by atoms with Gasteiger partial charge >= 0.3 is 0 Å². The summed E-state index contributed by atoms with van der Waals surface area (Å²) in [6.45, 7) is 8.83. The Labute approximate surface area is 99.2 Å².